The predicted molar refractivity (Wildman–Crippen MR) is 78.9 cm³/mol. The zero-order valence-electron chi connectivity index (χ0n) is 10.7. The van der Waals surface area contributed by atoms with Crippen molar-refractivity contribution in [3.63, 3.8) is 0 Å². The topological polar surface area (TPSA) is 41.0 Å². The van der Waals surface area contributed by atoms with Gasteiger partial charge in [0.25, 0.3) is 0 Å². The van der Waals surface area contributed by atoms with Gasteiger partial charge < -0.3 is 10.2 Å². The maximum absolute atomic E-state index is 4.31. The second kappa shape index (κ2) is 6.11. The second-order valence-electron chi connectivity index (χ2n) is 4.44. The molecule has 96 valence electrons. The van der Waals surface area contributed by atoms with Crippen molar-refractivity contribution in [1.82, 2.24) is 14.9 Å². The maximum Gasteiger partial charge on any atom is 0.137 e. The fraction of sp³-hybridized carbons (Fsp3) is 0.385. The Bertz CT molecular complexity index is 527. The Kier molecular flexibility index (Phi) is 4.49. The van der Waals surface area contributed by atoms with Crippen LogP contribution < -0.4 is 5.32 Å². The molecule has 0 aliphatic heterocycles. The first-order chi connectivity index (χ1) is 8.68. The Labute approximate surface area is 116 Å². The summed E-state index contributed by atoms with van der Waals surface area (Å²) in [7, 11) is 4.16. The largest absolute Gasteiger partial charge is 0.369 e. The fourth-order valence-electron chi connectivity index (χ4n) is 1.79. The van der Waals surface area contributed by atoms with E-state index in [4.69, 9.17) is 0 Å². The van der Waals surface area contributed by atoms with Crippen LogP contribution in [0.3, 0.4) is 0 Å². The van der Waals surface area contributed by atoms with Crippen molar-refractivity contribution in [3.05, 3.63) is 29.0 Å². The minimum absolute atomic E-state index is 0.903. The Morgan fingerprint density at radius 3 is 2.89 bits per heavy atom. The van der Waals surface area contributed by atoms with Crippen LogP contribution in [0.2, 0.25) is 0 Å². The smallest absolute Gasteiger partial charge is 0.137 e. The molecule has 0 radical (unpaired) electrons. The summed E-state index contributed by atoms with van der Waals surface area (Å²) in [6.07, 6.45) is 2.69. The summed E-state index contributed by atoms with van der Waals surface area (Å²) in [4.78, 5) is 10.8. The van der Waals surface area contributed by atoms with Gasteiger partial charge in [0.15, 0.2) is 0 Å². The molecule has 0 saturated heterocycles. The van der Waals surface area contributed by atoms with Crippen LogP contribution in [0, 0.1) is 0 Å². The summed E-state index contributed by atoms with van der Waals surface area (Å²) < 4.78 is 0.999. The molecule has 2 rings (SSSR count). The van der Waals surface area contributed by atoms with Crippen molar-refractivity contribution in [2.75, 3.05) is 32.5 Å². The quantitative estimate of drug-likeness (QED) is 0.862. The molecule has 0 aliphatic rings. The molecular formula is C13H17BrN4. The molecule has 0 unspecified atom stereocenters. The van der Waals surface area contributed by atoms with E-state index in [-0.39, 0.29) is 0 Å². The summed E-state index contributed by atoms with van der Waals surface area (Å²) in [6, 6.07) is 6.03. The number of fused-ring (bicyclic) bond motifs is 1. The van der Waals surface area contributed by atoms with Crippen molar-refractivity contribution < 1.29 is 0 Å². The van der Waals surface area contributed by atoms with Crippen LogP contribution >= 0.6 is 15.9 Å². The first-order valence-electron chi connectivity index (χ1n) is 5.96. The van der Waals surface area contributed by atoms with E-state index in [2.05, 4.69) is 50.2 Å². The number of anilines is 1. The number of nitrogens with one attached hydrogen (secondary N) is 1. The Morgan fingerprint density at radius 2 is 2.11 bits per heavy atom. The number of rotatable bonds is 5. The van der Waals surface area contributed by atoms with Gasteiger partial charge in [0, 0.05) is 16.4 Å². The highest BCUT2D eigenvalue weighted by Crippen LogP contribution is 2.25. The van der Waals surface area contributed by atoms with E-state index in [1.807, 2.05) is 18.2 Å². The molecule has 5 heteroatoms. The molecule has 0 aliphatic carbocycles. The van der Waals surface area contributed by atoms with Crippen molar-refractivity contribution in [2.24, 2.45) is 0 Å². The third kappa shape index (κ3) is 3.17. The molecule has 1 aromatic carbocycles. The van der Waals surface area contributed by atoms with Crippen molar-refractivity contribution >= 4 is 32.7 Å². The molecule has 1 N–H and O–H groups in total. The normalized spacial score (nSPS) is 11.1. The number of aromatic nitrogens is 2. The summed E-state index contributed by atoms with van der Waals surface area (Å²) in [5.41, 5.74) is 0.947. The third-order valence-corrected chi connectivity index (χ3v) is 3.33. The third-order valence-electron chi connectivity index (χ3n) is 2.69. The molecule has 4 nitrogen and oxygen atoms in total. The number of para-hydroxylation sites is 1. The van der Waals surface area contributed by atoms with Gasteiger partial charge >= 0.3 is 0 Å². The SMILES string of the molecule is CN(C)CCCNc1ncnc2c(Br)cccc12. The molecule has 1 heterocycles. The van der Waals surface area contributed by atoms with Gasteiger partial charge in [-0.25, -0.2) is 9.97 Å². The fourth-order valence-corrected chi connectivity index (χ4v) is 2.26. The highest BCUT2D eigenvalue weighted by Gasteiger charge is 2.05. The Hall–Kier alpha value is -1.20. The van der Waals surface area contributed by atoms with E-state index >= 15 is 0 Å². The standard InChI is InChI=1S/C13H17BrN4/c1-18(2)8-4-7-15-13-10-5-3-6-11(14)12(10)16-9-17-13/h3,5-6,9H,4,7-8H2,1-2H3,(H,15,16,17). The lowest BCUT2D eigenvalue weighted by molar-refractivity contribution is 0.405. The molecule has 18 heavy (non-hydrogen) atoms. The van der Waals surface area contributed by atoms with Gasteiger partial charge in [-0.2, -0.15) is 0 Å². The first-order valence-corrected chi connectivity index (χ1v) is 6.75. The molecular weight excluding hydrogens is 292 g/mol. The lowest BCUT2D eigenvalue weighted by Crippen LogP contribution is -2.16. The Morgan fingerprint density at radius 1 is 1.28 bits per heavy atom. The number of hydrogen-bond donors (Lipinski definition) is 1. The minimum Gasteiger partial charge on any atom is -0.369 e. The van der Waals surface area contributed by atoms with Crippen LogP contribution in [0.25, 0.3) is 10.9 Å². The van der Waals surface area contributed by atoms with Crippen molar-refractivity contribution in [3.8, 4) is 0 Å². The summed E-state index contributed by atoms with van der Waals surface area (Å²) in [5, 5.41) is 4.42. The number of hydrogen-bond acceptors (Lipinski definition) is 4. The summed E-state index contributed by atoms with van der Waals surface area (Å²) >= 11 is 3.51. The summed E-state index contributed by atoms with van der Waals surface area (Å²) in [5.74, 6) is 0.903. The number of nitrogens with zero attached hydrogens (tertiary/aromatic N) is 3. The molecule has 0 bridgehead atoms. The van der Waals surface area contributed by atoms with E-state index < -0.39 is 0 Å². The Balaban J connectivity index is 2.11. The van der Waals surface area contributed by atoms with Gasteiger partial charge in [0.2, 0.25) is 0 Å². The van der Waals surface area contributed by atoms with Crippen molar-refractivity contribution in [2.45, 2.75) is 6.42 Å². The van der Waals surface area contributed by atoms with E-state index in [1.54, 1.807) is 6.33 Å². The minimum atomic E-state index is 0.903. The summed E-state index contributed by atoms with van der Waals surface area (Å²) in [6.45, 7) is 1.98. The van der Waals surface area contributed by atoms with E-state index in [9.17, 15) is 0 Å². The van der Waals surface area contributed by atoms with Crippen LogP contribution in [0.15, 0.2) is 29.0 Å². The molecule has 0 amide bonds. The highest BCUT2D eigenvalue weighted by molar-refractivity contribution is 9.10. The lowest BCUT2D eigenvalue weighted by Gasteiger charge is -2.11. The van der Waals surface area contributed by atoms with Gasteiger partial charge in [-0.1, -0.05) is 6.07 Å². The van der Waals surface area contributed by atoms with Gasteiger partial charge in [0.05, 0.1) is 5.52 Å². The van der Waals surface area contributed by atoms with Crippen LogP contribution in [-0.4, -0.2) is 42.1 Å². The number of halogens is 1. The monoisotopic (exact) mass is 308 g/mol. The van der Waals surface area contributed by atoms with E-state index in [0.717, 1.165) is 40.7 Å². The second-order valence-corrected chi connectivity index (χ2v) is 5.30. The van der Waals surface area contributed by atoms with Gasteiger partial charge in [0.1, 0.15) is 12.1 Å². The average Bonchev–Trinajstić information content (AvgIpc) is 2.35. The zero-order valence-corrected chi connectivity index (χ0v) is 12.2. The average molecular weight is 309 g/mol. The van der Waals surface area contributed by atoms with Gasteiger partial charge in [-0.05, 0) is 55.1 Å². The zero-order chi connectivity index (χ0) is 13.0. The molecule has 1 aromatic heterocycles. The van der Waals surface area contributed by atoms with Crippen molar-refractivity contribution in [1.29, 1.82) is 0 Å². The van der Waals surface area contributed by atoms with Crippen LogP contribution in [-0.2, 0) is 0 Å². The first kappa shape index (κ1) is 13.2. The molecule has 0 saturated carbocycles. The van der Waals surface area contributed by atoms with Gasteiger partial charge in [-0.3, -0.25) is 0 Å². The van der Waals surface area contributed by atoms with E-state index in [0.29, 0.717) is 0 Å². The maximum atomic E-state index is 4.31. The lowest BCUT2D eigenvalue weighted by atomic mass is 10.2. The van der Waals surface area contributed by atoms with Crippen LogP contribution in [0.1, 0.15) is 6.42 Å². The predicted octanol–water partition coefficient (Wildman–Crippen LogP) is 2.76. The number of benzene rings is 1. The highest BCUT2D eigenvalue weighted by atomic mass is 79.9. The van der Waals surface area contributed by atoms with Crippen LogP contribution in [0.4, 0.5) is 5.82 Å². The van der Waals surface area contributed by atoms with Crippen LogP contribution in [0.5, 0.6) is 0 Å². The molecule has 0 atom stereocenters. The molecule has 2 aromatic rings. The molecule has 0 spiro atoms. The molecule has 0 fully saturated rings. The van der Waals surface area contributed by atoms with Gasteiger partial charge in [-0.15, -0.1) is 0 Å². The van der Waals surface area contributed by atoms with E-state index in [1.165, 1.54) is 0 Å².